The van der Waals surface area contributed by atoms with Crippen LogP contribution in [0.5, 0.6) is 5.75 Å². The molecule has 1 aromatic rings. The molecule has 2 amide bonds. The minimum atomic E-state index is -0.197. The molecule has 1 N–H and O–H groups in total. The predicted molar refractivity (Wildman–Crippen MR) is 68.5 cm³/mol. The Hall–Kier alpha value is -2.11. The standard InChI is InChI=1S/C13H17N3O3/c1-10(17)15-8-13(18)16-7-4-12(9-16)19-11-2-5-14-6-3-11/h2-3,5-6,12H,4,7-9H2,1H3,(H,15,17)/t12-/m0/s1. The summed E-state index contributed by atoms with van der Waals surface area (Å²) in [6.45, 7) is 2.67. The molecule has 1 saturated heterocycles. The molecule has 1 atom stereocenters. The van der Waals surface area contributed by atoms with E-state index in [1.807, 2.05) is 0 Å². The van der Waals surface area contributed by atoms with Gasteiger partial charge in [0, 0.05) is 32.3 Å². The van der Waals surface area contributed by atoms with Crippen LogP contribution >= 0.6 is 0 Å². The molecule has 0 aliphatic carbocycles. The van der Waals surface area contributed by atoms with Gasteiger partial charge in [-0.25, -0.2) is 0 Å². The van der Waals surface area contributed by atoms with Crippen molar-refractivity contribution < 1.29 is 14.3 Å². The van der Waals surface area contributed by atoms with Crippen LogP contribution in [0, 0.1) is 0 Å². The molecule has 1 fully saturated rings. The lowest BCUT2D eigenvalue weighted by atomic mass is 10.3. The van der Waals surface area contributed by atoms with E-state index >= 15 is 0 Å². The molecular weight excluding hydrogens is 246 g/mol. The van der Waals surface area contributed by atoms with Crippen LogP contribution in [0.3, 0.4) is 0 Å². The van der Waals surface area contributed by atoms with E-state index in [0.717, 1.165) is 12.2 Å². The zero-order valence-electron chi connectivity index (χ0n) is 10.8. The summed E-state index contributed by atoms with van der Waals surface area (Å²) in [6, 6.07) is 3.59. The lowest BCUT2D eigenvalue weighted by Crippen LogP contribution is -2.39. The van der Waals surface area contributed by atoms with E-state index in [-0.39, 0.29) is 24.5 Å². The van der Waals surface area contributed by atoms with E-state index in [4.69, 9.17) is 4.74 Å². The van der Waals surface area contributed by atoms with Gasteiger partial charge in [-0.2, -0.15) is 0 Å². The number of carbonyl (C=O) groups excluding carboxylic acids is 2. The predicted octanol–water partition coefficient (Wildman–Crippen LogP) is 0.197. The van der Waals surface area contributed by atoms with Gasteiger partial charge < -0.3 is 15.0 Å². The smallest absolute Gasteiger partial charge is 0.242 e. The topological polar surface area (TPSA) is 71.5 Å². The molecule has 0 unspecified atom stereocenters. The Balaban J connectivity index is 1.80. The molecule has 2 rings (SSSR count). The highest BCUT2D eigenvalue weighted by molar-refractivity contribution is 5.83. The van der Waals surface area contributed by atoms with Gasteiger partial charge in [-0.1, -0.05) is 0 Å². The Labute approximate surface area is 111 Å². The van der Waals surface area contributed by atoms with Crippen LogP contribution in [0.25, 0.3) is 0 Å². The van der Waals surface area contributed by atoms with E-state index in [1.165, 1.54) is 6.92 Å². The summed E-state index contributed by atoms with van der Waals surface area (Å²) in [6.07, 6.45) is 4.14. The lowest BCUT2D eigenvalue weighted by molar-refractivity contribution is -0.131. The molecule has 0 aromatic carbocycles. The SMILES string of the molecule is CC(=O)NCC(=O)N1CC[C@H](Oc2ccncc2)C1. The van der Waals surface area contributed by atoms with Crippen LogP contribution in [0.15, 0.2) is 24.5 Å². The third-order valence-corrected chi connectivity index (χ3v) is 2.94. The van der Waals surface area contributed by atoms with Crippen LogP contribution in [0.2, 0.25) is 0 Å². The molecular formula is C13H17N3O3. The van der Waals surface area contributed by atoms with Gasteiger partial charge in [0.2, 0.25) is 11.8 Å². The second-order valence-corrected chi connectivity index (χ2v) is 4.46. The van der Waals surface area contributed by atoms with Crippen molar-refractivity contribution in [1.82, 2.24) is 15.2 Å². The van der Waals surface area contributed by atoms with Crippen LogP contribution in [-0.2, 0) is 9.59 Å². The number of pyridine rings is 1. The number of rotatable bonds is 4. The summed E-state index contributed by atoms with van der Waals surface area (Å²) >= 11 is 0. The zero-order valence-corrected chi connectivity index (χ0v) is 10.8. The number of amides is 2. The zero-order chi connectivity index (χ0) is 13.7. The Bertz CT molecular complexity index is 450. The van der Waals surface area contributed by atoms with Crippen molar-refractivity contribution >= 4 is 11.8 Å². The molecule has 1 aliphatic heterocycles. The highest BCUT2D eigenvalue weighted by Crippen LogP contribution is 2.17. The van der Waals surface area contributed by atoms with Crippen molar-refractivity contribution in [2.24, 2.45) is 0 Å². The van der Waals surface area contributed by atoms with Crippen molar-refractivity contribution in [3.05, 3.63) is 24.5 Å². The number of nitrogens with zero attached hydrogens (tertiary/aromatic N) is 2. The molecule has 6 heteroatoms. The number of aromatic nitrogens is 1. The monoisotopic (exact) mass is 263 g/mol. The van der Waals surface area contributed by atoms with Crippen LogP contribution in [0.1, 0.15) is 13.3 Å². The largest absolute Gasteiger partial charge is 0.488 e. The lowest BCUT2D eigenvalue weighted by Gasteiger charge is -2.17. The molecule has 19 heavy (non-hydrogen) atoms. The minimum absolute atomic E-state index is 0.00341. The Kier molecular flexibility index (Phi) is 4.33. The number of nitrogens with one attached hydrogen (secondary N) is 1. The Morgan fingerprint density at radius 3 is 2.89 bits per heavy atom. The quantitative estimate of drug-likeness (QED) is 0.842. The number of likely N-dealkylation sites (tertiary alicyclic amines) is 1. The number of ether oxygens (including phenoxy) is 1. The van der Waals surface area contributed by atoms with E-state index in [0.29, 0.717) is 13.1 Å². The van der Waals surface area contributed by atoms with Gasteiger partial charge in [0.15, 0.2) is 0 Å². The fourth-order valence-electron chi connectivity index (χ4n) is 1.97. The highest BCUT2D eigenvalue weighted by Gasteiger charge is 2.27. The number of hydrogen-bond donors (Lipinski definition) is 1. The first-order valence-corrected chi connectivity index (χ1v) is 6.24. The van der Waals surface area contributed by atoms with Gasteiger partial charge in [-0.05, 0) is 12.1 Å². The molecule has 1 aliphatic rings. The average molecular weight is 263 g/mol. The Morgan fingerprint density at radius 2 is 2.21 bits per heavy atom. The third-order valence-electron chi connectivity index (χ3n) is 2.94. The molecule has 0 spiro atoms. The normalized spacial score (nSPS) is 18.2. The maximum Gasteiger partial charge on any atom is 0.242 e. The van der Waals surface area contributed by atoms with E-state index in [9.17, 15) is 9.59 Å². The summed E-state index contributed by atoms with van der Waals surface area (Å²) in [4.78, 5) is 28.2. The van der Waals surface area contributed by atoms with Gasteiger partial charge in [-0.15, -0.1) is 0 Å². The van der Waals surface area contributed by atoms with Crippen LogP contribution < -0.4 is 10.1 Å². The summed E-state index contributed by atoms with van der Waals surface area (Å²) in [5, 5.41) is 2.51. The maximum absolute atomic E-state index is 11.8. The highest BCUT2D eigenvalue weighted by atomic mass is 16.5. The fourth-order valence-corrected chi connectivity index (χ4v) is 1.97. The summed E-state index contributed by atoms with van der Waals surface area (Å²) in [7, 11) is 0. The summed E-state index contributed by atoms with van der Waals surface area (Å²) in [5.74, 6) is 0.490. The van der Waals surface area contributed by atoms with E-state index in [1.54, 1.807) is 29.4 Å². The summed E-state index contributed by atoms with van der Waals surface area (Å²) in [5.41, 5.74) is 0. The van der Waals surface area contributed by atoms with Gasteiger partial charge >= 0.3 is 0 Å². The summed E-state index contributed by atoms with van der Waals surface area (Å²) < 4.78 is 5.76. The fraction of sp³-hybridized carbons (Fsp3) is 0.462. The second kappa shape index (κ2) is 6.17. The number of carbonyl (C=O) groups is 2. The first kappa shape index (κ1) is 13.3. The van der Waals surface area contributed by atoms with Crippen molar-refractivity contribution in [2.75, 3.05) is 19.6 Å². The van der Waals surface area contributed by atoms with Crippen molar-refractivity contribution in [1.29, 1.82) is 0 Å². The molecule has 0 bridgehead atoms. The van der Waals surface area contributed by atoms with Crippen LogP contribution in [0.4, 0.5) is 0 Å². The average Bonchev–Trinajstić information content (AvgIpc) is 2.85. The van der Waals surface area contributed by atoms with Gasteiger partial charge in [0.1, 0.15) is 11.9 Å². The second-order valence-electron chi connectivity index (χ2n) is 4.46. The Morgan fingerprint density at radius 1 is 1.47 bits per heavy atom. The van der Waals surface area contributed by atoms with Crippen molar-refractivity contribution in [2.45, 2.75) is 19.4 Å². The number of hydrogen-bond acceptors (Lipinski definition) is 4. The van der Waals surface area contributed by atoms with E-state index in [2.05, 4.69) is 10.3 Å². The molecule has 0 saturated carbocycles. The maximum atomic E-state index is 11.8. The van der Waals surface area contributed by atoms with E-state index < -0.39 is 0 Å². The van der Waals surface area contributed by atoms with Gasteiger partial charge in [-0.3, -0.25) is 14.6 Å². The van der Waals surface area contributed by atoms with Crippen molar-refractivity contribution in [3.63, 3.8) is 0 Å². The first-order chi connectivity index (χ1) is 9.15. The van der Waals surface area contributed by atoms with Gasteiger partial charge in [0.05, 0.1) is 13.1 Å². The molecule has 6 nitrogen and oxygen atoms in total. The first-order valence-electron chi connectivity index (χ1n) is 6.24. The third kappa shape index (κ3) is 3.94. The molecule has 2 heterocycles. The molecule has 0 radical (unpaired) electrons. The minimum Gasteiger partial charge on any atom is -0.488 e. The van der Waals surface area contributed by atoms with Crippen LogP contribution in [-0.4, -0.2) is 47.4 Å². The molecule has 102 valence electrons. The molecule has 1 aromatic heterocycles. The van der Waals surface area contributed by atoms with Crippen molar-refractivity contribution in [3.8, 4) is 5.75 Å². The van der Waals surface area contributed by atoms with Gasteiger partial charge in [0.25, 0.3) is 0 Å².